The van der Waals surface area contributed by atoms with Crippen LogP contribution in [0.15, 0.2) is 22.6 Å². The van der Waals surface area contributed by atoms with Crippen LogP contribution in [0.4, 0.5) is 0 Å². The van der Waals surface area contributed by atoms with Gasteiger partial charge in [-0.1, -0.05) is 11.6 Å². The third-order valence-corrected chi connectivity index (χ3v) is 4.49. The summed E-state index contributed by atoms with van der Waals surface area (Å²) in [5.74, 6) is 0.935. The van der Waals surface area contributed by atoms with E-state index in [1.54, 1.807) is 0 Å². The summed E-state index contributed by atoms with van der Waals surface area (Å²) >= 11 is 6.10. The van der Waals surface area contributed by atoms with Crippen LogP contribution in [-0.2, 0) is 4.74 Å². The van der Waals surface area contributed by atoms with Gasteiger partial charge in [0.1, 0.15) is 6.10 Å². The lowest BCUT2D eigenvalue weighted by molar-refractivity contribution is 0.0718. The van der Waals surface area contributed by atoms with E-state index in [4.69, 9.17) is 16.3 Å². The number of nitrogens with one attached hydrogen (secondary N) is 1. The second-order valence-electron chi connectivity index (χ2n) is 6.07. The van der Waals surface area contributed by atoms with Gasteiger partial charge in [0, 0.05) is 30.2 Å². The number of halogens is 1. The van der Waals surface area contributed by atoms with E-state index in [2.05, 4.69) is 22.2 Å². The Bertz CT molecular complexity index is 415. The van der Waals surface area contributed by atoms with Gasteiger partial charge in [0.05, 0.1) is 6.54 Å². The fraction of sp³-hybridized carbons (Fsp3) is 0.733. The number of likely N-dealkylation sites (N-methyl/N-ethyl adjacent to an activating group) is 1. The lowest BCUT2D eigenvalue weighted by Gasteiger charge is -2.24. The highest BCUT2D eigenvalue weighted by Gasteiger charge is 2.25. The molecule has 0 saturated carbocycles. The largest absolute Gasteiger partial charge is 0.474 e. The van der Waals surface area contributed by atoms with Crippen molar-refractivity contribution in [3.63, 3.8) is 0 Å². The third kappa shape index (κ3) is 3.48. The highest BCUT2D eigenvalue weighted by Crippen LogP contribution is 2.23. The molecule has 0 aliphatic carbocycles. The van der Waals surface area contributed by atoms with Gasteiger partial charge in [-0.25, -0.2) is 0 Å². The molecule has 3 rings (SSSR count). The molecule has 0 aromatic heterocycles. The third-order valence-electron chi connectivity index (χ3n) is 4.25. The van der Waals surface area contributed by atoms with E-state index < -0.39 is 0 Å². The first-order valence-corrected chi connectivity index (χ1v) is 7.99. The number of nitrogens with zero attached hydrogens (tertiary/aromatic N) is 2. The summed E-state index contributed by atoms with van der Waals surface area (Å²) in [4.78, 5) is 4.87. The Kier molecular flexibility index (Phi) is 4.54. The van der Waals surface area contributed by atoms with Gasteiger partial charge in [0.2, 0.25) is 0 Å². The molecule has 1 unspecified atom stereocenters. The molecule has 0 radical (unpaired) electrons. The average molecular weight is 298 g/mol. The van der Waals surface area contributed by atoms with Gasteiger partial charge in [-0.05, 0) is 45.5 Å². The summed E-state index contributed by atoms with van der Waals surface area (Å²) in [5, 5.41) is 4.16. The van der Waals surface area contributed by atoms with Gasteiger partial charge in [-0.15, -0.1) is 0 Å². The standard InChI is InChI=1S/C15H24ClN3O/c1-18-10-12-8-13(16)9-17-15(12)20-14(11-18)4-7-19-5-2-3-6-19/h8,14,17H,2-7,9-11H2,1H3. The normalized spacial score (nSPS) is 28.5. The predicted molar refractivity (Wildman–Crippen MR) is 81.6 cm³/mol. The summed E-state index contributed by atoms with van der Waals surface area (Å²) in [6.45, 7) is 6.23. The predicted octanol–water partition coefficient (Wildman–Crippen LogP) is 1.74. The van der Waals surface area contributed by atoms with Crippen molar-refractivity contribution in [2.75, 3.05) is 46.3 Å². The van der Waals surface area contributed by atoms with Gasteiger partial charge < -0.3 is 15.0 Å². The van der Waals surface area contributed by atoms with Crippen LogP contribution < -0.4 is 5.32 Å². The lowest BCUT2D eigenvalue weighted by atomic mass is 10.2. The van der Waals surface area contributed by atoms with Gasteiger partial charge in [-0.2, -0.15) is 0 Å². The number of hydrogen-bond acceptors (Lipinski definition) is 4. The van der Waals surface area contributed by atoms with Crippen LogP contribution in [-0.4, -0.2) is 62.2 Å². The molecule has 0 spiro atoms. The van der Waals surface area contributed by atoms with E-state index >= 15 is 0 Å². The van der Waals surface area contributed by atoms with E-state index in [0.717, 1.165) is 37.0 Å². The zero-order chi connectivity index (χ0) is 13.9. The van der Waals surface area contributed by atoms with E-state index in [0.29, 0.717) is 6.54 Å². The molecule has 3 aliphatic rings. The van der Waals surface area contributed by atoms with Crippen molar-refractivity contribution in [2.24, 2.45) is 0 Å². The van der Waals surface area contributed by atoms with Crippen LogP contribution in [0.25, 0.3) is 0 Å². The van der Waals surface area contributed by atoms with Crippen LogP contribution in [0.5, 0.6) is 0 Å². The highest BCUT2D eigenvalue weighted by molar-refractivity contribution is 6.30. The Morgan fingerprint density at radius 2 is 2.20 bits per heavy atom. The van der Waals surface area contributed by atoms with Crippen LogP contribution in [0.2, 0.25) is 0 Å². The van der Waals surface area contributed by atoms with Crippen LogP contribution in [0.3, 0.4) is 0 Å². The van der Waals surface area contributed by atoms with Crippen molar-refractivity contribution in [3.05, 3.63) is 22.6 Å². The molecule has 20 heavy (non-hydrogen) atoms. The number of dihydropyridines is 1. The van der Waals surface area contributed by atoms with E-state index in [9.17, 15) is 0 Å². The summed E-state index contributed by atoms with van der Waals surface area (Å²) in [5.41, 5.74) is 1.17. The number of likely N-dealkylation sites (tertiary alicyclic amines) is 1. The highest BCUT2D eigenvalue weighted by atomic mass is 35.5. The van der Waals surface area contributed by atoms with Crippen molar-refractivity contribution in [3.8, 4) is 0 Å². The second kappa shape index (κ2) is 6.37. The molecular weight excluding hydrogens is 274 g/mol. The molecule has 1 atom stereocenters. The molecule has 4 nitrogen and oxygen atoms in total. The minimum Gasteiger partial charge on any atom is -0.474 e. The lowest BCUT2D eigenvalue weighted by Crippen LogP contribution is -2.33. The van der Waals surface area contributed by atoms with E-state index in [1.165, 1.54) is 31.5 Å². The minimum absolute atomic E-state index is 0.269. The zero-order valence-electron chi connectivity index (χ0n) is 12.2. The fourth-order valence-electron chi connectivity index (χ4n) is 3.21. The molecule has 0 bridgehead atoms. The maximum Gasteiger partial charge on any atom is 0.191 e. The first-order valence-electron chi connectivity index (χ1n) is 7.61. The SMILES string of the molecule is CN1CC2=C(NCC(Cl)=C2)OC(CCN2CCCC2)C1. The molecule has 1 fully saturated rings. The zero-order valence-corrected chi connectivity index (χ0v) is 13.0. The summed E-state index contributed by atoms with van der Waals surface area (Å²) in [6.07, 6.45) is 6.12. The molecule has 1 saturated heterocycles. The van der Waals surface area contributed by atoms with Crippen molar-refractivity contribution in [2.45, 2.75) is 25.4 Å². The van der Waals surface area contributed by atoms with E-state index in [-0.39, 0.29) is 6.10 Å². The Hall–Kier alpha value is -0.710. The monoisotopic (exact) mass is 297 g/mol. The van der Waals surface area contributed by atoms with Crippen LogP contribution in [0, 0.1) is 0 Å². The Labute approximate surface area is 126 Å². The maximum atomic E-state index is 6.19. The first kappa shape index (κ1) is 14.2. The Morgan fingerprint density at radius 1 is 1.40 bits per heavy atom. The number of ether oxygens (including phenoxy) is 1. The molecule has 5 heteroatoms. The van der Waals surface area contributed by atoms with Crippen LogP contribution in [0.1, 0.15) is 19.3 Å². The molecule has 112 valence electrons. The topological polar surface area (TPSA) is 27.7 Å². The molecule has 1 N–H and O–H groups in total. The van der Waals surface area contributed by atoms with Crippen LogP contribution >= 0.6 is 11.6 Å². The average Bonchev–Trinajstić information content (AvgIpc) is 2.86. The quantitative estimate of drug-likeness (QED) is 0.859. The molecule has 3 heterocycles. The smallest absolute Gasteiger partial charge is 0.191 e. The molecule has 0 aromatic carbocycles. The Morgan fingerprint density at radius 3 is 3.00 bits per heavy atom. The molecule has 3 aliphatic heterocycles. The van der Waals surface area contributed by atoms with Gasteiger partial charge in [0.15, 0.2) is 5.88 Å². The number of hydrogen-bond donors (Lipinski definition) is 1. The Balaban J connectivity index is 1.61. The number of rotatable bonds is 3. The summed E-state index contributed by atoms with van der Waals surface area (Å²) < 4.78 is 6.19. The van der Waals surface area contributed by atoms with Gasteiger partial charge in [0.25, 0.3) is 0 Å². The van der Waals surface area contributed by atoms with Crippen molar-refractivity contribution in [1.29, 1.82) is 0 Å². The molecular formula is C15H24ClN3O. The second-order valence-corrected chi connectivity index (χ2v) is 6.56. The molecule has 0 aromatic rings. The first-order chi connectivity index (χ1) is 9.70. The maximum absolute atomic E-state index is 6.19. The minimum atomic E-state index is 0.269. The molecule has 0 amide bonds. The summed E-state index contributed by atoms with van der Waals surface area (Å²) in [7, 11) is 2.15. The van der Waals surface area contributed by atoms with Gasteiger partial charge >= 0.3 is 0 Å². The van der Waals surface area contributed by atoms with Crippen molar-refractivity contribution < 1.29 is 4.74 Å². The van der Waals surface area contributed by atoms with Gasteiger partial charge in [-0.3, -0.25) is 4.90 Å². The summed E-state index contributed by atoms with van der Waals surface area (Å²) in [6, 6.07) is 0. The van der Waals surface area contributed by atoms with Crippen molar-refractivity contribution >= 4 is 11.6 Å². The van der Waals surface area contributed by atoms with Crippen molar-refractivity contribution in [1.82, 2.24) is 15.1 Å². The van der Waals surface area contributed by atoms with E-state index in [1.807, 2.05) is 6.08 Å². The fourth-order valence-corrected chi connectivity index (χ4v) is 3.41.